The zero-order chi connectivity index (χ0) is 23.9. The van der Waals surface area contributed by atoms with E-state index in [4.69, 9.17) is 0 Å². The molecule has 4 N–H and O–H groups in total. The van der Waals surface area contributed by atoms with Crippen LogP contribution in [0.15, 0.2) is 58.7 Å². The minimum atomic E-state index is 0. The Labute approximate surface area is 215 Å². The molecule has 0 unspecified atom stereocenters. The monoisotopic (exact) mass is 512 g/mol. The molecule has 0 spiro atoms. The average molecular weight is 513 g/mol. The number of nitrogens with zero attached hydrogens (tertiary/aromatic N) is 8. The van der Waals surface area contributed by atoms with Crippen LogP contribution in [-0.2, 0) is 0 Å². The van der Waals surface area contributed by atoms with Crippen LogP contribution < -0.4 is 10.9 Å². The van der Waals surface area contributed by atoms with Gasteiger partial charge in [-0.1, -0.05) is 36.4 Å². The molecular formula is C24H21ClN12. The molecule has 0 amide bonds. The fraction of sp³-hybridized carbons (Fsp3) is 0.167. The number of rotatable bonds is 4. The van der Waals surface area contributed by atoms with Crippen molar-refractivity contribution >= 4 is 79.9 Å². The number of H-pyrrole nitrogens is 2. The Morgan fingerprint density at radius 3 is 1.49 bits per heavy atom. The smallest absolute Gasteiger partial charge is 0.265 e. The van der Waals surface area contributed by atoms with E-state index in [1.54, 1.807) is 0 Å². The van der Waals surface area contributed by atoms with Gasteiger partial charge in [-0.25, -0.2) is 10.9 Å². The Balaban J connectivity index is 0.00000252. The summed E-state index contributed by atoms with van der Waals surface area (Å²) in [6, 6.07) is 15.9. The summed E-state index contributed by atoms with van der Waals surface area (Å²) in [5, 5.41) is 27.9. The first-order valence-corrected chi connectivity index (χ1v) is 11.7. The minimum absolute atomic E-state index is 0. The Morgan fingerprint density at radius 1 is 0.595 bits per heavy atom. The van der Waals surface area contributed by atoms with Crippen LogP contribution in [0.4, 0.5) is 11.9 Å². The zero-order valence-electron chi connectivity index (χ0n) is 19.4. The standard InChI is InChI=1S/C24H20N12.ClH/c1-3-7-17-15(5-1)19-21(25-17)27-23(35-31-19)33-29-13-9-11-14(12-10-13)30-34-24-28-22-20(32-36-24)16-6-2-4-8-18(16)26-22;/h1-8H,9-12H2,(H2,25,27,33,35)(H2,26,28,34,36);1H. The van der Waals surface area contributed by atoms with Crippen LogP contribution in [0.3, 0.4) is 0 Å². The fourth-order valence-corrected chi connectivity index (χ4v) is 4.44. The molecule has 4 heterocycles. The van der Waals surface area contributed by atoms with Crippen LogP contribution in [0.25, 0.3) is 44.1 Å². The average Bonchev–Trinajstić information content (AvgIpc) is 3.48. The third-order valence-electron chi connectivity index (χ3n) is 6.28. The van der Waals surface area contributed by atoms with Gasteiger partial charge in [0, 0.05) is 33.2 Å². The van der Waals surface area contributed by atoms with Crippen molar-refractivity contribution in [1.82, 2.24) is 40.3 Å². The number of aromatic nitrogens is 8. The normalized spacial score (nSPS) is 13.7. The summed E-state index contributed by atoms with van der Waals surface area (Å²) < 4.78 is 0. The topological polar surface area (TPSA) is 158 Å². The van der Waals surface area contributed by atoms with Gasteiger partial charge in [-0.3, -0.25) is 0 Å². The van der Waals surface area contributed by atoms with Gasteiger partial charge in [0.25, 0.3) is 11.9 Å². The maximum absolute atomic E-state index is 4.51. The summed E-state index contributed by atoms with van der Waals surface area (Å²) in [5.74, 6) is 0.722. The summed E-state index contributed by atoms with van der Waals surface area (Å²) in [4.78, 5) is 15.5. The number of halogens is 1. The lowest BCUT2D eigenvalue weighted by Crippen LogP contribution is -2.16. The number of hydrogen-bond acceptors (Lipinski definition) is 10. The lowest BCUT2D eigenvalue weighted by molar-refractivity contribution is 0.922. The maximum Gasteiger partial charge on any atom is 0.265 e. The number of hydrogen-bond donors (Lipinski definition) is 4. The number of aromatic amines is 2. The van der Waals surface area contributed by atoms with Gasteiger partial charge in [0.15, 0.2) is 11.3 Å². The Kier molecular flexibility index (Phi) is 5.77. The van der Waals surface area contributed by atoms with E-state index in [2.05, 4.69) is 61.4 Å². The van der Waals surface area contributed by atoms with Gasteiger partial charge >= 0.3 is 0 Å². The molecule has 1 aliphatic carbocycles. The van der Waals surface area contributed by atoms with Gasteiger partial charge in [0.1, 0.15) is 11.0 Å². The first kappa shape index (κ1) is 22.7. The number of hydrazone groups is 2. The minimum Gasteiger partial charge on any atom is -0.338 e. The van der Waals surface area contributed by atoms with Gasteiger partial charge < -0.3 is 9.97 Å². The number of fused-ring (bicyclic) bond motifs is 6. The lowest BCUT2D eigenvalue weighted by Gasteiger charge is -2.15. The van der Waals surface area contributed by atoms with E-state index >= 15 is 0 Å². The highest BCUT2D eigenvalue weighted by Gasteiger charge is 2.15. The predicted octanol–water partition coefficient (Wildman–Crippen LogP) is 4.56. The van der Waals surface area contributed by atoms with Crippen molar-refractivity contribution in [1.29, 1.82) is 0 Å². The van der Waals surface area contributed by atoms with Gasteiger partial charge in [-0.05, 0) is 37.8 Å². The largest absolute Gasteiger partial charge is 0.338 e. The second kappa shape index (κ2) is 9.39. The highest BCUT2D eigenvalue weighted by molar-refractivity contribution is 6.04. The Bertz CT molecular complexity index is 1670. The molecule has 1 aliphatic rings. The molecule has 4 aromatic heterocycles. The molecule has 12 nitrogen and oxygen atoms in total. The van der Waals surface area contributed by atoms with Gasteiger partial charge in [-0.15, -0.1) is 32.8 Å². The first-order chi connectivity index (χ1) is 17.8. The summed E-state index contributed by atoms with van der Waals surface area (Å²) in [7, 11) is 0. The molecule has 1 saturated carbocycles. The summed E-state index contributed by atoms with van der Waals surface area (Å²) in [6.45, 7) is 0. The van der Waals surface area contributed by atoms with Crippen molar-refractivity contribution in [2.75, 3.05) is 10.9 Å². The molecule has 37 heavy (non-hydrogen) atoms. The second-order valence-electron chi connectivity index (χ2n) is 8.59. The molecule has 7 rings (SSSR count). The number of anilines is 2. The van der Waals surface area contributed by atoms with Crippen LogP contribution in [-0.4, -0.2) is 51.8 Å². The quantitative estimate of drug-likeness (QED) is 0.250. The third kappa shape index (κ3) is 4.27. The number of benzene rings is 2. The van der Waals surface area contributed by atoms with Crippen molar-refractivity contribution < 1.29 is 0 Å². The molecular weight excluding hydrogens is 492 g/mol. The van der Waals surface area contributed by atoms with Crippen LogP contribution in [0.1, 0.15) is 25.7 Å². The van der Waals surface area contributed by atoms with E-state index in [9.17, 15) is 0 Å². The highest BCUT2D eigenvalue weighted by atomic mass is 35.5. The number of nitrogens with one attached hydrogen (secondary N) is 4. The lowest BCUT2D eigenvalue weighted by atomic mass is 9.97. The van der Waals surface area contributed by atoms with Crippen molar-refractivity contribution in [2.24, 2.45) is 10.2 Å². The molecule has 0 aliphatic heterocycles. The molecule has 0 radical (unpaired) electrons. The first-order valence-electron chi connectivity index (χ1n) is 11.7. The Hall–Kier alpha value is -4.71. The molecule has 0 saturated heterocycles. The summed E-state index contributed by atoms with van der Waals surface area (Å²) >= 11 is 0. The van der Waals surface area contributed by atoms with E-state index < -0.39 is 0 Å². The van der Waals surface area contributed by atoms with Gasteiger partial charge in [0.2, 0.25) is 0 Å². The number of para-hydroxylation sites is 2. The van der Waals surface area contributed by atoms with Crippen LogP contribution in [0, 0.1) is 0 Å². The molecule has 13 heteroatoms. The highest BCUT2D eigenvalue weighted by Crippen LogP contribution is 2.23. The van der Waals surface area contributed by atoms with Crippen LogP contribution in [0.2, 0.25) is 0 Å². The maximum atomic E-state index is 4.51. The van der Waals surface area contributed by atoms with Crippen molar-refractivity contribution in [3.05, 3.63) is 48.5 Å². The summed E-state index contributed by atoms with van der Waals surface area (Å²) in [6.07, 6.45) is 3.15. The molecule has 1 fully saturated rings. The Morgan fingerprint density at radius 2 is 1.03 bits per heavy atom. The van der Waals surface area contributed by atoms with Crippen molar-refractivity contribution in [2.45, 2.75) is 25.7 Å². The van der Waals surface area contributed by atoms with Gasteiger partial charge in [-0.2, -0.15) is 20.2 Å². The van der Waals surface area contributed by atoms with Crippen LogP contribution in [0.5, 0.6) is 0 Å². The zero-order valence-corrected chi connectivity index (χ0v) is 20.2. The van der Waals surface area contributed by atoms with Crippen molar-refractivity contribution in [3.63, 3.8) is 0 Å². The second-order valence-corrected chi connectivity index (χ2v) is 8.59. The third-order valence-corrected chi connectivity index (χ3v) is 6.28. The molecule has 184 valence electrons. The SMILES string of the molecule is Cl.c1ccc2c(c1)[nH]c1nc(NN=C3CCC(=NNc4nnc5c(n4)[nH]c4ccccc45)CC3)nnc12. The van der Waals surface area contributed by atoms with Gasteiger partial charge in [0.05, 0.1) is 0 Å². The van der Waals surface area contributed by atoms with E-state index in [0.29, 0.717) is 23.2 Å². The molecule has 0 atom stereocenters. The van der Waals surface area contributed by atoms with Crippen LogP contribution >= 0.6 is 12.4 Å². The van der Waals surface area contributed by atoms with Crippen molar-refractivity contribution in [3.8, 4) is 0 Å². The molecule has 6 aromatic rings. The predicted molar refractivity (Wildman–Crippen MR) is 146 cm³/mol. The molecule has 2 aromatic carbocycles. The molecule has 0 bridgehead atoms. The summed E-state index contributed by atoms with van der Waals surface area (Å²) in [5.41, 5.74) is 12.8. The van der Waals surface area contributed by atoms with E-state index in [-0.39, 0.29) is 12.4 Å². The van der Waals surface area contributed by atoms with E-state index in [1.165, 1.54) is 0 Å². The van der Waals surface area contributed by atoms with E-state index in [0.717, 1.165) is 69.9 Å². The van der Waals surface area contributed by atoms with E-state index in [1.807, 2.05) is 48.5 Å². The fourth-order valence-electron chi connectivity index (χ4n) is 4.44.